The summed E-state index contributed by atoms with van der Waals surface area (Å²) < 4.78 is 15.2. The maximum Gasteiger partial charge on any atom is 0.225 e. The number of nitrogens with one attached hydrogen (secondary N) is 1. The molecule has 1 atom stereocenters. The summed E-state index contributed by atoms with van der Waals surface area (Å²) in [7, 11) is 4.77. The highest BCUT2D eigenvalue weighted by atomic mass is 16.5. The van der Waals surface area contributed by atoms with Crippen molar-refractivity contribution < 1.29 is 14.2 Å². The Morgan fingerprint density at radius 3 is 2.71 bits per heavy atom. The minimum atomic E-state index is -0.0535. The summed E-state index contributed by atoms with van der Waals surface area (Å²) in [6.07, 6.45) is -0.0535. The number of hydrogen-bond donors (Lipinski definition) is 2. The molecule has 0 aliphatic rings. The van der Waals surface area contributed by atoms with Gasteiger partial charge in [0.05, 0.1) is 19.8 Å². The quantitative estimate of drug-likeness (QED) is 0.702. The molecule has 0 amide bonds. The number of rotatable bonds is 7. The molecule has 1 aromatic rings. The van der Waals surface area contributed by atoms with Gasteiger partial charge in [0.25, 0.3) is 0 Å². The Hall–Kier alpha value is -1.60. The van der Waals surface area contributed by atoms with E-state index in [1.54, 1.807) is 20.3 Å². The Morgan fingerprint density at radius 1 is 1.35 bits per heavy atom. The number of nitrogen functional groups attached to an aromatic ring is 1. The van der Waals surface area contributed by atoms with Gasteiger partial charge >= 0.3 is 0 Å². The molecule has 1 unspecified atom stereocenters. The minimum Gasteiger partial charge on any atom is -0.481 e. The van der Waals surface area contributed by atoms with Gasteiger partial charge in [0, 0.05) is 26.8 Å². The van der Waals surface area contributed by atoms with Gasteiger partial charge in [-0.2, -0.15) is 9.97 Å². The fourth-order valence-electron chi connectivity index (χ4n) is 1.25. The van der Waals surface area contributed by atoms with Crippen molar-refractivity contribution in [1.82, 2.24) is 9.97 Å². The average molecular weight is 242 g/mol. The van der Waals surface area contributed by atoms with Gasteiger partial charge in [-0.3, -0.25) is 0 Å². The molecule has 1 aromatic heterocycles. The predicted molar refractivity (Wildman–Crippen MR) is 64.2 cm³/mol. The lowest BCUT2D eigenvalue weighted by molar-refractivity contribution is 0.0365. The predicted octanol–water partition coefficient (Wildman–Crippen LogP) is 0.141. The molecule has 0 fully saturated rings. The Balaban J connectivity index is 2.58. The number of methoxy groups -OCH3 is 3. The van der Waals surface area contributed by atoms with Crippen LogP contribution in [0, 0.1) is 0 Å². The van der Waals surface area contributed by atoms with Crippen LogP contribution in [0.4, 0.5) is 11.8 Å². The molecule has 0 aliphatic carbocycles. The first-order chi connectivity index (χ1) is 8.19. The van der Waals surface area contributed by atoms with Crippen molar-refractivity contribution in [2.75, 3.05) is 45.5 Å². The Bertz CT molecular complexity index is 348. The van der Waals surface area contributed by atoms with E-state index in [-0.39, 0.29) is 12.1 Å². The number of nitrogens with two attached hydrogens (primary N) is 1. The molecule has 0 aliphatic heterocycles. The van der Waals surface area contributed by atoms with Crippen LogP contribution in [0.15, 0.2) is 6.07 Å². The summed E-state index contributed by atoms with van der Waals surface area (Å²) in [5.74, 6) is 1.17. The molecular formula is C10H18N4O3. The maximum absolute atomic E-state index is 5.53. The molecule has 7 heteroatoms. The Labute approximate surface area is 100 Å². The maximum atomic E-state index is 5.53. The zero-order valence-corrected chi connectivity index (χ0v) is 10.3. The molecule has 0 aromatic carbocycles. The highest BCUT2D eigenvalue weighted by molar-refractivity contribution is 5.42. The van der Waals surface area contributed by atoms with Crippen molar-refractivity contribution in [2.45, 2.75) is 6.10 Å². The summed E-state index contributed by atoms with van der Waals surface area (Å²) in [5, 5.41) is 3.08. The summed E-state index contributed by atoms with van der Waals surface area (Å²) >= 11 is 0. The third-order valence-corrected chi connectivity index (χ3v) is 2.13. The van der Waals surface area contributed by atoms with Crippen LogP contribution in [0.1, 0.15) is 0 Å². The van der Waals surface area contributed by atoms with Gasteiger partial charge in [-0.05, 0) is 0 Å². The van der Waals surface area contributed by atoms with E-state index >= 15 is 0 Å². The molecule has 7 nitrogen and oxygen atoms in total. The highest BCUT2D eigenvalue weighted by Gasteiger charge is 2.08. The van der Waals surface area contributed by atoms with E-state index < -0.39 is 0 Å². The Kier molecular flexibility index (Phi) is 5.44. The number of nitrogens with zero attached hydrogens (tertiary/aromatic N) is 2. The topological polar surface area (TPSA) is 91.5 Å². The second kappa shape index (κ2) is 6.87. The largest absolute Gasteiger partial charge is 0.481 e. The van der Waals surface area contributed by atoms with E-state index in [1.165, 1.54) is 7.11 Å². The molecule has 0 spiro atoms. The van der Waals surface area contributed by atoms with Crippen LogP contribution < -0.4 is 15.8 Å². The lowest BCUT2D eigenvalue weighted by Gasteiger charge is -2.15. The van der Waals surface area contributed by atoms with Crippen LogP contribution in [0.3, 0.4) is 0 Å². The van der Waals surface area contributed by atoms with Crippen LogP contribution in [0.2, 0.25) is 0 Å². The number of aromatic nitrogens is 2. The van der Waals surface area contributed by atoms with Crippen molar-refractivity contribution in [2.24, 2.45) is 0 Å². The van der Waals surface area contributed by atoms with Crippen LogP contribution in [0.25, 0.3) is 0 Å². The van der Waals surface area contributed by atoms with Crippen LogP contribution >= 0.6 is 0 Å². The summed E-state index contributed by atoms with van der Waals surface area (Å²) in [4.78, 5) is 7.91. The normalized spacial score (nSPS) is 12.2. The molecular weight excluding hydrogens is 224 g/mol. The van der Waals surface area contributed by atoms with Gasteiger partial charge in [0.2, 0.25) is 11.8 Å². The van der Waals surface area contributed by atoms with Crippen molar-refractivity contribution in [3.63, 3.8) is 0 Å². The first kappa shape index (κ1) is 13.5. The summed E-state index contributed by atoms with van der Waals surface area (Å²) in [6, 6.07) is 1.66. The molecule has 0 radical (unpaired) electrons. The van der Waals surface area contributed by atoms with Crippen LogP contribution in [-0.2, 0) is 9.47 Å². The highest BCUT2D eigenvalue weighted by Crippen LogP contribution is 2.13. The number of ether oxygens (including phenoxy) is 3. The molecule has 1 heterocycles. The fraction of sp³-hybridized carbons (Fsp3) is 0.600. The van der Waals surface area contributed by atoms with Gasteiger partial charge < -0.3 is 25.3 Å². The molecule has 3 N–H and O–H groups in total. The zero-order chi connectivity index (χ0) is 12.7. The summed E-state index contributed by atoms with van der Waals surface area (Å²) in [5.41, 5.74) is 5.53. The van der Waals surface area contributed by atoms with E-state index in [0.717, 1.165) is 0 Å². The average Bonchev–Trinajstić information content (AvgIpc) is 2.33. The third kappa shape index (κ3) is 4.41. The van der Waals surface area contributed by atoms with E-state index in [4.69, 9.17) is 19.9 Å². The first-order valence-electron chi connectivity index (χ1n) is 5.13. The molecule has 0 saturated carbocycles. The van der Waals surface area contributed by atoms with Gasteiger partial charge in [-0.15, -0.1) is 0 Å². The SMILES string of the molecule is COCC(CNc1cc(OC)nc(N)n1)OC. The van der Waals surface area contributed by atoms with Gasteiger partial charge in [0.1, 0.15) is 5.82 Å². The van der Waals surface area contributed by atoms with E-state index in [2.05, 4.69) is 15.3 Å². The zero-order valence-electron chi connectivity index (χ0n) is 10.3. The van der Waals surface area contributed by atoms with E-state index in [0.29, 0.717) is 24.8 Å². The lowest BCUT2D eigenvalue weighted by Crippen LogP contribution is -2.27. The summed E-state index contributed by atoms with van der Waals surface area (Å²) in [6.45, 7) is 1.06. The lowest BCUT2D eigenvalue weighted by atomic mass is 10.3. The third-order valence-electron chi connectivity index (χ3n) is 2.13. The number of anilines is 2. The molecule has 96 valence electrons. The van der Waals surface area contributed by atoms with Crippen LogP contribution in [0.5, 0.6) is 5.88 Å². The van der Waals surface area contributed by atoms with E-state index in [9.17, 15) is 0 Å². The molecule has 17 heavy (non-hydrogen) atoms. The fourth-order valence-corrected chi connectivity index (χ4v) is 1.25. The molecule has 0 saturated heterocycles. The Morgan fingerprint density at radius 2 is 2.12 bits per heavy atom. The van der Waals surface area contributed by atoms with E-state index in [1.807, 2.05) is 0 Å². The second-order valence-corrected chi connectivity index (χ2v) is 3.35. The van der Waals surface area contributed by atoms with Crippen LogP contribution in [-0.4, -0.2) is 50.6 Å². The standard InChI is InChI=1S/C10H18N4O3/c1-15-6-7(16-2)5-12-8-4-9(17-3)14-10(11)13-8/h4,7H,5-6H2,1-3H3,(H3,11,12,13,14). The van der Waals surface area contributed by atoms with Crippen molar-refractivity contribution in [3.05, 3.63) is 6.07 Å². The van der Waals surface area contributed by atoms with Crippen molar-refractivity contribution in [1.29, 1.82) is 0 Å². The number of hydrogen-bond acceptors (Lipinski definition) is 7. The monoisotopic (exact) mass is 242 g/mol. The molecule has 1 rings (SSSR count). The van der Waals surface area contributed by atoms with Crippen molar-refractivity contribution >= 4 is 11.8 Å². The van der Waals surface area contributed by atoms with Gasteiger partial charge in [-0.25, -0.2) is 0 Å². The first-order valence-corrected chi connectivity index (χ1v) is 5.13. The second-order valence-electron chi connectivity index (χ2n) is 3.35. The van der Waals surface area contributed by atoms with Gasteiger partial charge in [-0.1, -0.05) is 0 Å². The van der Waals surface area contributed by atoms with Crippen molar-refractivity contribution in [3.8, 4) is 5.88 Å². The smallest absolute Gasteiger partial charge is 0.225 e. The minimum absolute atomic E-state index is 0.0535. The van der Waals surface area contributed by atoms with Gasteiger partial charge in [0.15, 0.2) is 0 Å². The molecule has 0 bridgehead atoms.